The van der Waals surface area contributed by atoms with Crippen LogP contribution in [0.2, 0.25) is 0 Å². The van der Waals surface area contributed by atoms with E-state index in [1.807, 2.05) is 4.90 Å². The van der Waals surface area contributed by atoms with Crippen molar-refractivity contribution >= 4 is 27.7 Å². The van der Waals surface area contributed by atoms with E-state index in [0.29, 0.717) is 30.9 Å². The van der Waals surface area contributed by atoms with E-state index in [1.54, 1.807) is 29.2 Å². The number of sulfonamides is 1. The van der Waals surface area contributed by atoms with E-state index >= 15 is 0 Å². The summed E-state index contributed by atoms with van der Waals surface area (Å²) in [4.78, 5) is 28.5. The van der Waals surface area contributed by atoms with Crippen LogP contribution in [0.3, 0.4) is 0 Å². The number of fused-ring (bicyclic) bond motifs is 1. The molecule has 0 N–H and O–H groups in total. The van der Waals surface area contributed by atoms with Gasteiger partial charge in [0.25, 0.3) is 15.9 Å². The molecule has 0 unspecified atom stereocenters. The third-order valence-corrected chi connectivity index (χ3v) is 7.04. The molecule has 9 heteroatoms. The van der Waals surface area contributed by atoms with Gasteiger partial charge in [0, 0.05) is 31.7 Å². The van der Waals surface area contributed by atoms with Gasteiger partial charge in [0.1, 0.15) is 4.90 Å². The van der Waals surface area contributed by atoms with E-state index < -0.39 is 21.9 Å². The molecule has 0 bridgehead atoms. The van der Waals surface area contributed by atoms with E-state index in [0.717, 1.165) is 38.8 Å². The van der Waals surface area contributed by atoms with Crippen molar-refractivity contribution in [1.29, 1.82) is 0 Å². The highest BCUT2D eigenvalue weighted by molar-refractivity contribution is 7.90. The SMILES string of the molecule is O=C(OCC(=O)N1CCCCC1)[C@@H]1CCCN(C2=NS(=O)(=O)c3ccccc32)C1. The normalized spacial score (nSPS) is 23.3. The summed E-state index contributed by atoms with van der Waals surface area (Å²) < 4.78 is 33.8. The zero-order valence-electron chi connectivity index (χ0n) is 16.2. The highest BCUT2D eigenvalue weighted by Crippen LogP contribution is 2.30. The van der Waals surface area contributed by atoms with E-state index in [-0.39, 0.29) is 17.4 Å². The lowest BCUT2D eigenvalue weighted by atomic mass is 9.97. The molecule has 2 fully saturated rings. The van der Waals surface area contributed by atoms with Crippen LogP contribution in [0.15, 0.2) is 33.6 Å². The van der Waals surface area contributed by atoms with Gasteiger partial charge in [0.05, 0.1) is 5.92 Å². The van der Waals surface area contributed by atoms with Gasteiger partial charge in [-0.05, 0) is 44.2 Å². The van der Waals surface area contributed by atoms with Crippen LogP contribution in [0, 0.1) is 5.92 Å². The van der Waals surface area contributed by atoms with E-state index in [2.05, 4.69) is 4.40 Å². The van der Waals surface area contributed by atoms with Crippen LogP contribution in [0.1, 0.15) is 37.7 Å². The van der Waals surface area contributed by atoms with Gasteiger partial charge in [0.15, 0.2) is 12.4 Å². The molecule has 1 aromatic rings. The number of benzene rings is 1. The Labute approximate surface area is 170 Å². The minimum absolute atomic E-state index is 0.147. The molecule has 1 aromatic carbocycles. The Morgan fingerprint density at radius 2 is 1.83 bits per heavy atom. The standard InChI is InChI=1S/C20H25N3O5S/c24-18(22-10-4-1-5-11-22)14-28-20(25)15-7-6-12-23(13-15)19-16-8-2-3-9-17(16)29(26,27)21-19/h2-3,8-9,15H,1,4-7,10-14H2/t15-/m1/s1. The first-order valence-corrected chi connectivity index (χ1v) is 11.5. The summed E-state index contributed by atoms with van der Waals surface area (Å²) in [5, 5.41) is 0. The van der Waals surface area contributed by atoms with Crippen molar-refractivity contribution in [1.82, 2.24) is 9.80 Å². The number of rotatable bonds is 3. The Kier molecular flexibility index (Phi) is 5.58. The van der Waals surface area contributed by atoms with E-state index in [1.165, 1.54) is 0 Å². The molecule has 29 heavy (non-hydrogen) atoms. The number of carbonyl (C=O) groups excluding carboxylic acids is 2. The van der Waals surface area contributed by atoms with Gasteiger partial charge in [-0.25, -0.2) is 0 Å². The lowest BCUT2D eigenvalue weighted by Gasteiger charge is -2.33. The average Bonchev–Trinajstić information content (AvgIpc) is 3.04. The molecular weight excluding hydrogens is 394 g/mol. The van der Waals surface area contributed by atoms with Gasteiger partial charge in [-0.1, -0.05) is 12.1 Å². The number of hydrogen-bond acceptors (Lipinski definition) is 6. The summed E-state index contributed by atoms with van der Waals surface area (Å²) >= 11 is 0. The fourth-order valence-electron chi connectivity index (χ4n) is 4.16. The Balaban J connectivity index is 1.39. The van der Waals surface area contributed by atoms with Gasteiger partial charge >= 0.3 is 5.97 Å². The number of carbonyl (C=O) groups is 2. The van der Waals surface area contributed by atoms with Crippen molar-refractivity contribution < 1.29 is 22.7 Å². The molecule has 3 heterocycles. The zero-order chi connectivity index (χ0) is 20.4. The van der Waals surface area contributed by atoms with E-state index in [9.17, 15) is 18.0 Å². The Bertz CT molecular complexity index is 937. The summed E-state index contributed by atoms with van der Waals surface area (Å²) in [5.41, 5.74) is 0.571. The summed E-state index contributed by atoms with van der Waals surface area (Å²) in [7, 11) is -3.70. The third-order valence-electron chi connectivity index (χ3n) is 5.71. The molecule has 0 radical (unpaired) electrons. The summed E-state index contributed by atoms with van der Waals surface area (Å²) in [6.07, 6.45) is 4.48. The minimum Gasteiger partial charge on any atom is -0.455 e. The lowest BCUT2D eigenvalue weighted by Crippen LogP contribution is -2.44. The summed E-state index contributed by atoms with van der Waals surface area (Å²) in [6, 6.07) is 6.72. The molecule has 3 aliphatic heterocycles. The van der Waals surface area contributed by atoms with Crippen LogP contribution < -0.4 is 0 Å². The van der Waals surface area contributed by atoms with Gasteiger partial charge in [0.2, 0.25) is 0 Å². The molecule has 0 aliphatic carbocycles. The predicted octanol–water partition coefficient (Wildman–Crippen LogP) is 1.40. The highest BCUT2D eigenvalue weighted by Gasteiger charge is 2.35. The minimum atomic E-state index is -3.70. The van der Waals surface area contributed by atoms with Crippen molar-refractivity contribution in [2.75, 3.05) is 32.8 Å². The van der Waals surface area contributed by atoms with Crippen LogP contribution in [-0.4, -0.2) is 68.7 Å². The Morgan fingerprint density at radius 3 is 2.62 bits per heavy atom. The number of ether oxygens (including phenoxy) is 1. The molecule has 156 valence electrons. The van der Waals surface area contributed by atoms with Gasteiger partial charge in [-0.3, -0.25) is 9.59 Å². The fourth-order valence-corrected chi connectivity index (χ4v) is 5.39. The van der Waals surface area contributed by atoms with Crippen molar-refractivity contribution in [2.45, 2.75) is 37.0 Å². The number of likely N-dealkylation sites (tertiary alicyclic amines) is 2. The van der Waals surface area contributed by atoms with Crippen LogP contribution in [0.4, 0.5) is 0 Å². The van der Waals surface area contributed by atoms with Crippen LogP contribution in [-0.2, 0) is 24.3 Å². The first-order chi connectivity index (χ1) is 14.0. The first kappa shape index (κ1) is 19.9. The number of esters is 1. The number of hydrogen-bond donors (Lipinski definition) is 0. The summed E-state index contributed by atoms with van der Waals surface area (Å²) in [6.45, 7) is 2.18. The Hall–Kier alpha value is -2.42. The van der Waals surface area contributed by atoms with Crippen molar-refractivity contribution in [3.8, 4) is 0 Å². The highest BCUT2D eigenvalue weighted by atomic mass is 32.2. The van der Waals surface area contributed by atoms with Gasteiger partial charge in [-0.15, -0.1) is 4.40 Å². The number of amidine groups is 1. The van der Waals surface area contributed by atoms with Gasteiger partial charge in [-0.2, -0.15) is 8.42 Å². The largest absolute Gasteiger partial charge is 0.455 e. The van der Waals surface area contributed by atoms with Gasteiger partial charge < -0.3 is 14.5 Å². The van der Waals surface area contributed by atoms with Crippen molar-refractivity contribution in [2.24, 2.45) is 10.3 Å². The van der Waals surface area contributed by atoms with Crippen molar-refractivity contribution in [3.63, 3.8) is 0 Å². The van der Waals surface area contributed by atoms with Crippen LogP contribution >= 0.6 is 0 Å². The number of amides is 1. The second-order valence-electron chi connectivity index (χ2n) is 7.72. The second-order valence-corrected chi connectivity index (χ2v) is 9.29. The number of nitrogens with zero attached hydrogens (tertiary/aromatic N) is 3. The fraction of sp³-hybridized carbons (Fsp3) is 0.550. The molecule has 0 aromatic heterocycles. The lowest BCUT2D eigenvalue weighted by molar-refractivity contribution is -0.156. The molecule has 0 saturated carbocycles. The molecule has 4 rings (SSSR count). The molecule has 8 nitrogen and oxygen atoms in total. The van der Waals surface area contributed by atoms with Crippen molar-refractivity contribution in [3.05, 3.63) is 29.8 Å². The number of piperidine rings is 2. The maximum Gasteiger partial charge on any atom is 0.311 e. The smallest absolute Gasteiger partial charge is 0.311 e. The average molecular weight is 420 g/mol. The molecule has 1 amide bonds. The predicted molar refractivity (Wildman–Crippen MR) is 106 cm³/mol. The maximum absolute atomic E-state index is 12.5. The zero-order valence-corrected chi connectivity index (χ0v) is 17.1. The maximum atomic E-state index is 12.5. The first-order valence-electron chi connectivity index (χ1n) is 10.1. The topological polar surface area (TPSA) is 96.3 Å². The molecule has 2 saturated heterocycles. The molecule has 3 aliphatic rings. The molecule has 1 atom stereocenters. The second kappa shape index (κ2) is 8.14. The van der Waals surface area contributed by atoms with Crippen LogP contribution in [0.5, 0.6) is 0 Å². The quantitative estimate of drug-likeness (QED) is 0.687. The van der Waals surface area contributed by atoms with E-state index in [4.69, 9.17) is 4.74 Å². The molecular formula is C20H25N3O5S. The monoisotopic (exact) mass is 419 g/mol. The van der Waals surface area contributed by atoms with Crippen LogP contribution in [0.25, 0.3) is 0 Å². The summed E-state index contributed by atoms with van der Waals surface area (Å²) in [5.74, 6) is -0.570. The molecule has 0 spiro atoms. The third kappa shape index (κ3) is 4.14. The Morgan fingerprint density at radius 1 is 1.07 bits per heavy atom.